The molecule has 0 aliphatic carbocycles. The van der Waals surface area contributed by atoms with Crippen molar-refractivity contribution in [3.05, 3.63) is 88.4 Å². The summed E-state index contributed by atoms with van der Waals surface area (Å²) >= 11 is 5.85. The van der Waals surface area contributed by atoms with Gasteiger partial charge in [-0.15, -0.1) is 0 Å². The number of ether oxygens (including phenoxy) is 3. The Morgan fingerprint density at radius 2 is 1.68 bits per heavy atom. The monoisotopic (exact) mass is 480 g/mol. The topological polar surface area (TPSA) is 86.2 Å². The van der Waals surface area contributed by atoms with Gasteiger partial charge < -0.3 is 14.2 Å². The SMILES string of the molecule is CCCCOc1ccc(C(=O)N/N=C/c2ccc(OC(=O)c3ccc(Cl)cc3)c(OC)c2)cc1. The highest BCUT2D eigenvalue weighted by atomic mass is 35.5. The summed E-state index contributed by atoms with van der Waals surface area (Å²) < 4.78 is 16.3. The smallest absolute Gasteiger partial charge is 0.343 e. The molecule has 0 heterocycles. The van der Waals surface area contributed by atoms with Crippen LogP contribution in [-0.2, 0) is 0 Å². The third-order valence-corrected chi connectivity index (χ3v) is 4.99. The van der Waals surface area contributed by atoms with Crippen molar-refractivity contribution in [3.8, 4) is 17.2 Å². The molecule has 0 fully saturated rings. The van der Waals surface area contributed by atoms with E-state index in [4.69, 9.17) is 25.8 Å². The molecule has 0 spiro atoms. The lowest BCUT2D eigenvalue weighted by Gasteiger charge is -2.10. The Hall–Kier alpha value is -3.84. The van der Waals surface area contributed by atoms with Gasteiger partial charge in [-0.2, -0.15) is 5.10 Å². The molecule has 0 radical (unpaired) electrons. The van der Waals surface area contributed by atoms with Crippen LogP contribution in [-0.4, -0.2) is 31.8 Å². The van der Waals surface area contributed by atoms with Crippen LogP contribution in [0.3, 0.4) is 0 Å². The molecular weight excluding hydrogens is 456 g/mol. The van der Waals surface area contributed by atoms with Crippen LogP contribution in [0.15, 0.2) is 71.8 Å². The first kappa shape index (κ1) is 24.8. The molecular formula is C26H25ClN2O5. The van der Waals surface area contributed by atoms with Crippen LogP contribution in [0.25, 0.3) is 0 Å². The standard InChI is InChI=1S/C26H25ClN2O5/c1-3-4-15-33-22-12-8-19(9-13-22)25(30)29-28-17-18-5-14-23(24(16-18)32-2)34-26(31)20-6-10-21(27)11-7-20/h5-14,16-17H,3-4,15H2,1-2H3,(H,29,30)/b28-17+. The van der Waals surface area contributed by atoms with E-state index in [1.807, 2.05) is 0 Å². The third kappa shape index (κ3) is 7.08. The number of nitrogens with zero attached hydrogens (tertiary/aromatic N) is 1. The normalized spacial score (nSPS) is 10.7. The summed E-state index contributed by atoms with van der Waals surface area (Å²) in [7, 11) is 1.47. The van der Waals surface area contributed by atoms with Crippen molar-refractivity contribution >= 4 is 29.7 Å². The van der Waals surface area contributed by atoms with Crippen LogP contribution in [0.5, 0.6) is 17.2 Å². The van der Waals surface area contributed by atoms with Crippen molar-refractivity contribution in [2.24, 2.45) is 5.10 Å². The number of rotatable bonds is 10. The number of carbonyl (C=O) groups is 2. The number of nitrogens with one attached hydrogen (secondary N) is 1. The molecule has 3 rings (SSSR count). The fraction of sp³-hybridized carbons (Fsp3) is 0.192. The minimum atomic E-state index is -0.537. The average Bonchev–Trinajstić information content (AvgIpc) is 2.85. The maximum absolute atomic E-state index is 12.3. The molecule has 176 valence electrons. The van der Waals surface area contributed by atoms with Gasteiger partial charge in [-0.05, 0) is 78.7 Å². The van der Waals surface area contributed by atoms with Gasteiger partial charge in [0, 0.05) is 10.6 Å². The van der Waals surface area contributed by atoms with Crippen molar-refractivity contribution in [2.45, 2.75) is 19.8 Å². The summed E-state index contributed by atoms with van der Waals surface area (Å²) in [5, 5.41) is 4.52. The number of unbranched alkanes of at least 4 members (excludes halogenated alkanes) is 1. The number of esters is 1. The van der Waals surface area contributed by atoms with Gasteiger partial charge in [-0.3, -0.25) is 4.79 Å². The highest BCUT2D eigenvalue weighted by Gasteiger charge is 2.13. The van der Waals surface area contributed by atoms with E-state index in [1.165, 1.54) is 13.3 Å². The molecule has 1 N–H and O–H groups in total. The maximum atomic E-state index is 12.3. The molecule has 0 aliphatic rings. The second-order valence-corrected chi connectivity index (χ2v) is 7.67. The lowest BCUT2D eigenvalue weighted by atomic mass is 10.2. The minimum absolute atomic E-state index is 0.255. The highest BCUT2D eigenvalue weighted by molar-refractivity contribution is 6.30. The first-order valence-electron chi connectivity index (χ1n) is 10.7. The summed E-state index contributed by atoms with van der Waals surface area (Å²) in [6.45, 7) is 2.74. The largest absolute Gasteiger partial charge is 0.494 e. The fourth-order valence-electron chi connectivity index (χ4n) is 2.86. The van der Waals surface area contributed by atoms with Gasteiger partial charge in [0.1, 0.15) is 5.75 Å². The molecule has 3 aromatic rings. The Bertz CT molecular complexity index is 1140. The fourth-order valence-corrected chi connectivity index (χ4v) is 2.99. The molecule has 3 aromatic carbocycles. The first-order chi connectivity index (χ1) is 16.5. The number of hydrazone groups is 1. The molecule has 7 nitrogen and oxygen atoms in total. The van der Waals surface area contributed by atoms with E-state index in [9.17, 15) is 9.59 Å². The molecule has 34 heavy (non-hydrogen) atoms. The Morgan fingerprint density at radius 3 is 2.35 bits per heavy atom. The molecule has 0 aromatic heterocycles. The van der Waals surface area contributed by atoms with E-state index in [2.05, 4.69) is 17.5 Å². The van der Waals surface area contributed by atoms with Gasteiger partial charge in [-0.1, -0.05) is 24.9 Å². The van der Waals surface area contributed by atoms with E-state index in [-0.39, 0.29) is 11.7 Å². The van der Waals surface area contributed by atoms with Crippen molar-refractivity contribution in [1.82, 2.24) is 5.43 Å². The number of hydrogen-bond donors (Lipinski definition) is 1. The van der Waals surface area contributed by atoms with Crippen molar-refractivity contribution < 1.29 is 23.8 Å². The Morgan fingerprint density at radius 1 is 0.971 bits per heavy atom. The number of benzene rings is 3. The van der Waals surface area contributed by atoms with Crippen LogP contribution >= 0.6 is 11.6 Å². The van der Waals surface area contributed by atoms with Crippen molar-refractivity contribution in [3.63, 3.8) is 0 Å². The molecule has 8 heteroatoms. The molecule has 0 bridgehead atoms. The lowest BCUT2D eigenvalue weighted by Crippen LogP contribution is -2.17. The van der Waals surface area contributed by atoms with E-state index in [1.54, 1.807) is 66.7 Å². The summed E-state index contributed by atoms with van der Waals surface area (Å²) in [6, 6.07) is 18.2. The minimum Gasteiger partial charge on any atom is -0.494 e. The summed E-state index contributed by atoms with van der Waals surface area (Å²) in [5.74, 6) is 0.431. The van der Waals surface area contributed by atoms with Crippen LogP contribution in [0.1, 0.15) is 46.0 Å². The average molecular weight is 481 g/mol. The molecule has 1 amide bonds. The van der Waals surface area contributed by atoms with Gasteiger partial charge in [-0.25, -0.2) is 10.2 Å². The summed E-state index contributed by atoms with van der Waals surface area (Å²) in [5.41, 5.74) is 3.95. The molecule has 0 saturated heterocycles. The predicted octanol–water partition coefficient (Wildman–Crippen LogP) is 5.51. The van der Waals surface area contributed by atoms with Gasteiger partial charge in [0.05, 0.1) is 25.5 Å². The van der Waals surface area contributed by atoms with Gasteiger partial charge in [0.25, 0.3) is 5.91 Å². The zero-order valence-corrected chi connectivity index (χ0v) is 19.7. The van der Waals surface area contributed by atoms with E-state index >= 15 is 0 Å². The van der Waals surface area contributed by atoms with E-state index in [0.717, 1.165) is 18.6 Å². The second kappa shape index (κ2) is 12.4. The zero-order valence-electron chi connectivity index (χ0n) is 18.9. The number of halogens is 1. The second-order valence-electron chi connectivity index (χ2n) is 7.23. The molecule has 0 atom stereocenters. The first-order valence-corrected chi connectivity index (χ1v) is 11.1. The van der Waals surface area contributed by atoms with Gasteiger partial charge in [0.15, 0.2) is 11.5 Å². The predicted molar refractivity (Wildman–Crippen MR) is 131 cm³/mol. The zero-order chi connectivity index (χ0) is 24.3. The quantitative estimate of drug-likeness (QED) is 0.136. The van der Waals surface area contributed by atoms with Crippen LogP contribution in [0.4, 0.5) is 0 Å². The van der Waals surface area contributed by atoms with Crippen LogP contribution in [0, 0.1) is 0 Å². The third-order valence-electron chi connectivity index (χ3n) is 4.73. The number of amides is 1. The van der Waals surface area contributed by atoms with Crippen LogP contribution < -0.4 is 19.6 Å². The number of hydrogen-bond acceptors (Lipinski definition) is 6. The maximum Gasteiger partial charge on any atom is 0.343 e. The Labute approximate surface area is 203 Å². The van der Waals surface area contributed by atoms with E-state index < -0.39 is 5.97 Å². The Kier molecular flexibility index (Phi) is 9.05. The summed E-state index contributed by atoms with van der Waals surface area (Å²) in [6.07, 6.45) is 3.50. The summed E-state index contributed by atoms with van der Waals surface area (Å²) in [4.78, 5) is 24.6. The van der Waals surface area contributed by atoms with Gasteiger partial charge >= 0.3 is 5.97 Å². The lowest BCUT2D eigenvalue weighted by molar-refractivity contribution is 0.0729. The van der Waals surface area contributed by atoms with Crippen LogP contribution in [0.2, 0.25) is 5.02 Å². The number of carbonyl (C=O) groups excluding carboxylic acids is 2. The van der Waals surface area contributed by atoms with E-state index in [0.29, 0.717) is 34.1 Å². The Balaban J connectivity index is 1.58. The van der Waals surface area contributed by atoms with Crippen molar-refractivity contribution in [1.29, 1.82) is 0 Å². The molecule has 0 saturated carbocycles. The molecule has 0 aliphatic heterocycles. The number of methoxy groups -OCH3 is 1. The van der Waals surface area contributed by atoms with Gasteiger partial charge in [0.2, 0.25) is 0 Å². The highest BCUT2D eigenvalue weighted by Crippen LogP contribution is 2.28. The van der Waals surface area contributed by atoms with Crippen molar-refractivity contribution in [2.75, 3.05) is 13.7 Å². The molecule has 0 unspecified atom stereocenters.